The first kappa shape index (κ1) is 24.4. The molecule has 0 aliphatic heterocycles. The average molecular weight is 438 g/mol. The molecule has 0 aliphatic rings. The van der Waals surface area contributed by atoms with Gasteiger partial charge in [-0.25, -0.2) is 4.31 Å². The second-order valence-electron chi connectivity index (χ2n) is 9.24. The van der Waals surface area contributed by atoms with Crippen LogP contribution in [0.5, 0.6) is 0 Å². The van der Waals surface area contributed by atoms with Crippen LogP contribution < -0.4 is 0 Å². The molecule has 5 nitrogen and oxygen atoms in total. The first-order valence-corrected chi connectivity index (χ1v) is 11.8. The molecule has 0 aliphatic carbocycles. The van der Waals surface area contributed by atoms with Crippen molar-refractivity contribution in [2.24, 2.45) is 0 Å². The first-order chi connectivity index (χ1) is 13.3. The van der Waals surface area contributed by atoms with E-state index in [2.05, 4.69) is 60.6 Å². The van der Waals surface area contributed by atoms with E-state index in [1.54, 1.807) is 0 Å². The Kier molecular flexibility index (Phi) is 7.98. The highest BCUT2D eigenvalue weighted by Crippen LogP contribution is 2.52. The molecule has 2 atom stereocenters. The van der Waals surface area contributed by atoms with Crippen molar-refractivity contribution in [1.82, 2.24) is 0 Å². The number of hydrogen-bond acceptors (Lipinski definition) is 5. The molecule has 0 fully saturated rings. The van der Waals surface area contributed by atoms with Gasteiger partial charge < -0.3 is 14.7 Å². The summed E-state index contributed by atoms with van der Waals surface area (Å²) in [6, 6.07) is 14.0. The van der Waals surface area contributed by atoms with Crippen LogP contribution in [0.1, 0.15) is 75.5 Å². The monoisotopic (exact) mass is 438 g/mol. The molecule has 2 unspecified atom stereocenters. The highest BCUT2D eigenvalue weighted by molar-refractivity contribution is 7.54. The van der Waals surface area contributed by atoms with Crippen LogP contribution in [0.25, 0.3) is 0 Å². The minimum absolute atomic E-state index is 0.169. The molecule has 160 valence electrons. The van der Waals surface area contributed by atoms with Crippen LogP contribution in [-0.2, 0) is 19.7 Å². The molecule has 0 saturated carbocycles. The van der Waals surface area contributed by atoms with Gasteiger partial charge in [0.05, 0.1) is 0 Å². The van der Waals surface area contributed by atoms with E-state index in [-0.39, 0.29) is 10.8 Å². The third-order valence-corrected chi connectivity index (χ3v) is 6.18. The fourth-order valence-corrected chi connectivity index (χ4v) is 4.46. The van der Waals surface area contributed by atoms with Gasteiger partial charge in [0, 0.05) is 0 Å². The standard InChI is InChI=1S/C22H32O5P2/c1-15-13-17(21(2,3)4)19(18(14-15)22(5,6)7)20(16-11-9-8-10-12-16)26-29(25)27-28(23)24/h8-14,20,23-25H,1-7H3. The maximum Gasteiger partial charge on any atom is 0.338 e. The number of rotatable bonds is 6. The van der Waals surface area contributed by atoms with Crippen LogP contribution in [0, 0.1) is 6.92 Å². The van der Waals surface area contributed by atoms with E-state index >= 15 is 0 Å². The van der Waals surface area contributed by atoms with Crippen LogP contribution in [0.15, 0.2) is 42.5 Å². The predicted octanol–water partition coefficient (Wildman–Crippen LogP) is 6.14. The van der Waals surface area contributed by atoms with E-state index in [4.69, 9.17) is 18.6 Å². The minimum atomic E-state index is -2.72. The summed E-state index contributed by atoms with van der Waals surface area (Å²) < 4.78 is 10.7. The highest BCUT2D eigenvalue weighted by atomic mass is 31.2. The zero-order chi connectivity index (χ0) is 22.0. The smallest absolute Gasteiger partial charge is 0.328 e. The van der Waals surface area contributed by atoms with E-state index in [1.807, 2.05) is 30.3 Å². The molecular weight excluding hydrogens is 406 g/mol. The maximum absolute atomic E-state index is 10.3. The first-order valence-electron chi connectivity index (χ1n) is 9.53. The zero-order valence-corrected chi connectivity index (χ0v) is 20.0. The Bertz CT molecular complexity index is 775. The van der Waals surface area contributed by atoms with Gasteiger partial charge in [-0.2, -0.15) is 0 Å². The van der Waals surface area contributed by atoms with Crippen LogP contribution >= 0.6 is 17.2 Å². The Morgan fingerprint density at radius 3 is 1.72 bits per heavy atom. The van der Waals surface area contributed by atoms with E-state index in [9.17, 15) is 4.89 Å². The van der Waals surface area contributed by atoms with Crippen molar-refractivity contribution in [1.29, 1.82) is 0 Å². The summed E-state index contributed by atoms with van der Waals surface area (Å²) in [7, 11) is -5.20. The molecule has 2 rings (SSSR count). The lowest BCUT2D eigenvalue weighted by atomic mass is 9.73. The summed E-state index contributed by atoms with van der Waals surface area (Å²) in [5.74, 6) is 0. The van der Waals surface area contributed by atoms with Crippen molar-refractivity contribution >= 4 is 17.2 Å². The number of aryl methyl sites for hydroxylation is 1. The minimum Gasteiger partial charge on any atom is -0.328 e. The zero-order valence-electron chi connectivity index (χ0n) is 18.2. The molecule has 2 aromatic carbocycles. The Balaban J connectivity index is 2.77. The molecule has 0 radical (unpaired) electrons. The number of benzene rings is 2. The maximum atomic E-state index is 10.3. The van der Waals surface area contributed by atoms with Crippen molar-refractivity contribution < 1.29 is 23.5 Å². The highest BCUT2D eigenvalue weighted by Gasteiger charge is 2.33. The molecule has 0 heterocycles. The summed E-state index contributed by atoms with van der Waals surface area (Å²) in [5, 5.41) is 0. The van der Waals surface area contributed by atoms with E-state index in [0.29, 0.717) is 0 Å². The quantitative estimate of drug-likeness (QED) is 0.472. The van der Waals surface area contributed by atoms with E-state index < -0.39 is 23.3 Å². The lowest BCUT2D eigenvalue weighted by molar-refractivity contribution is 0.198. The van der Waals surface area contributed by atoms with Gasteiger partial charge in [-0.1, -0.05) is 89.6 Å². The summed E-state index contributed by atoms with van der Waals surface area (Å²) in [5.41, 5.74) is 4.90. The van der Waals surface area contributed by atoms with Crippen LogP contribution in [0.3, 0.4) is 0 Å². The van der Waals surface area contributed by atoms with Gasteiger partial charge >= 0.3 is 17.2 Å². The van der Waals surface area contributed by atoms with Gasteiger partial charge in [0.15, 0.2) is 0 Å². The summed E-state index contributed by atoms with van der Waals surface area (Å²) in [6.07, 6.45) is -0.619. The predicted molar refractivity (Wildman–Crippen MR) is 120 cm³/mol. The Morgan fingerprint density at radius 2 is 1.31 bits per heavy atom. The third kappa shape index (κ3) is 6.54. The van der Waals surface area contributed by atoms with Crippen molar-refractivity contribution in [2.45, 2.75) is 65.4 Å². The van der Waals surface area contributed by atoms with Gasteiger partial charge in [0.2, 0.25) is 0 Å². The van der Waals surface area contributed by atoms with Crippen molar-refractivity contribution in [3.8, 4) is 0 Å². The molecule has 0 amide bonds. The molecule has 0 saturated heterocycles. The SMILES string of the molecule is Cc1cc(C(C)(C)C)c(C(OP(O)OP(O)O)c2ccccc2)c(C(C)(C)C)c1. The molecule has 0 aromatic heterocycles. The fourth-order valence-electron chi connectivity index (χ4n) is 3.40. The fraction of sp³-hybridized carbons (Fsp3) is 0.455. The Morgan fingerprint density at radius 1 is 0.828 bits per heavy atom. The Labute approximate surface area is 176 Å². The van der Waals surface area contributed by atoms with Crippen LogP contribution in [0.2, 0.25) is 0 Å². The molecule has 0 bridgehead atoms. The van der Waals surface area contributed by atoms with Gasteiger partial charge in [-0.05, 0) is 40.0 Å². The normalized spacial score (nSPS) is 14.9. The van der Waals surface area contributed by atoms with Crippen LogP contribution in [-0.4, -0.2) is 14.7 Å². The molecule has 29 heavy (non-hydrogen) atoms. The van der Waals surface area contributed by atoms with Gasteiger partial charge in [-0.3, -0.25) is 4.52 Å². The topological polar surface area (TPSA) is 79.2 Å². The van der Waals surface area contributed by atoms with Crippen LogP contribution in [0.4, 0.5) is 0 Å². The summed E-state index contributed by atoms with van der Waals surface area (Å²) in [6.45, 7) is 15.0. The second kappa shape index (κ2) is 9.49. The molecule has 0 spiro atoms. The molecular formula is C22H32O5P2. The summed E-state index contributed by atoms with van der Waals surface area (Å²) in [4.78, 5) is 28.6. The molecule has 7 heteroatoms. The Hall–Kier alpha value is -0.900. The van der Waals surface area contributed by atoms with Gasteiger partial charge in [-0.15, -0.1) is 0 Å². The van der Waals surface area contributed by atoms with Gasteiger partial charge in [0.25, 0.3) is 0 Å². The average Bonchev–Trinajstić information content (AvgIpc) is 2.58. The third-order valence-electron chi connectivity index (χ3n) is 4.64. The lowest BCUT2D eigenvalue weighted by Gasteiger charge is -2.35. The second-order valence-corrected chi connectivity index (χ2v) is 11.1. The lowest BCUT2D eigenvalue weighted by Crippen LogP contribution is -2.24. The van der Waals surface area contributed by atoms with E-state index in [0.717, 1.165) is 27.8 Å². The molecule has 3 N–H and O–H groups in total. The van der Waals surface area contributed by atoms with Crippen molar-refractivity contribution in [2.75, 3.05) is 0 Å². The largest absolute Gasteiger partial charge is 0.338 e. The van der Waals surface area contributed by atoms with E-state index in [1.165, 1.54) is 0 Å². The number of hydrogen-bond donors (Lipinski definition) is 3. The van der Waals surface area contributed by atoms with Gasteiger partial charge in [0.1, 0.15) is 6.10 Å². The summed E-state index contributed by atoms with van der Waals surface area (Å²) >= 11 is 0. The van der Waals surface area contributed by atoms with Crippen molar-refractivity contribution in [3.05, 3.63) is 70.3 Å². The van der Waals surface area contributed by atoms with Crippen molar-refractivity contribution in [3.63, 3.8) is 0 Å². The molecule has 2 aromatic rings.